The van der Waals surface area contributed by atoms with Crippen LogP contribution in [-0.2, 0) is 9.53 Å². The third-order valence-electron chi connectivity index (χ3n) is 4.50. The van der Waals surface area contributed by atoms with E-state index < -0.39 is 0 Å². The monoisotopic (exact) mass is 316 g/mol. The fraction of sp³-hybridized carbons (Fsp3) is 0.105. The van der Waals surface area contributed by atoms with Crippen LogP contribution in [0.5, 0.6) is 0 Å². The van der Waals surface area contributed by atoms with Crippen molar-refractivity contribution in [2.75, 3.05) is 13.2 Å². The van der Waals surface area contributed by atoms with Crippen molar-refractivity contribution in [2.45, 2.75) is 0 Å². The molecule has 0 fully saturated rings. The number of rotatable bonds is 0. The minimum Gasteiger partial charge on any atom is -0.497 e. The van der Waals surface area contributed by atoms with Crippen LogP contribution in [0.1, 0.15) is 16.1 Å². The van der Waals surface area contributed by atoms with E-state index in [-0.39, 0.29) is 11.7 Å². The van der Waals surface area contributed by atoms with Crippen molar-refractivity contribution in [3.8, 4) is 0 Å². The number of hydrogen-bond acceptors (Lipinski definition) is 4. The summed E-state index contributed by atoms with van der Waals surface area (Å²) in [4.78, 5) is 30.7. The highest BCUT2D eigenvalue weighted by Crippen LogP contribution is 2.30. The Morgan fingerprint density at radius 3 is 2.96 bits per heavy atom. The molecule has 5 heteroatoms. The first-order chi connectivity index (χ1) is 11.7. The van der Waals surface area contributed by atoms with Crippen LogP contribution >= 0.6 is 0 Å². The lowest BCUT2D eigenvalue weighted by atomic mass is 10.0. The molecule has 0 atom stereocenters. The minimum atomic E-state index is -0.0878. The number of carbonyl (C=O) groups excluding carboxylic acids is 2. The van der Waals surface area contributed by atoms with Gasteiger partial charge in [-0.3, -0.25) is 9.59 Å². The highest BCUT2D eigenvalue weighted by molar-refractivity contribution is 6.17. The van der Waals surface area contributed by atoms with Gasteiger partial charge in [-0.15, -0.1) is 0 Å². The molecule has 0 radical (unpaired) electrons. The van der Waals surface area contributed by atoms with Crippen LogP contribution in [0.3, 0.4) is 0 Å². The summed E-state index contributed by atoms with van der Waals surface area (Å²) in [6.45, 7) is 0.991. The Labute approximate surface area is 137 Å². The SMILES string of the molecule is O=C1C=Cc2nc3c(cc2=C1)C(=O)N1CC2=COCC=CC2=CC=31. The van der Waals surface area contributed by atoms with Gasteiger partial charge in [-0.1, -0.05) is 6.08 Å². The second kappa shape index (κ2) is 4.64. The van der Waals surface area contributed by atoms with Gasteiger partial charge in [0.15, 0.2) is 5.78 Å². The lowest BCUT2D eigenvalue weighted by Gasteiger charge is -2.25. The molecule has 0 saturated heterocycles. The zero-order valence-electron chi connectivity index (χ0n) is 12.7. The summed E-state index contributed by atoms with van der Waals surface area (Å²) in [5, 5.41) is 1.37. The van der Waals surface area contributed by atoms with Crippen molar-refractivity contribution in [3.05, 3.63) is 69.6 Å². The van der Waals surface area contributed by atoms with Crippen molar-refractivity contribution in [1.29, 1.82) is 0 Å². The molecule has 4 heterocycles. The van der Waals surface area contributed by atoms with Crippen molar-refractivity contribution < 1.29 is 14.3 Å². The van der Waals surface area contributed by atoms with Crippen LogP contribution < -0.4 is 10.6 Å². The Morgan fingerprint density at radius 1 is 1.12 bits per heavy atom. The van der Waals surface area contributed by atoms with E-state index in [0.29, 0.717) is 29.3 Å². The Morgan fingerprint density at radius 2 is 2.04 bits per heavy atom. The largest absolute Gasteiger partial charge is 0.497 e. The smallest absolute Gasteiger partial charge is 0.260 e. The molecule has 116 valence electrons. The van der Waals surface area contributed by atoms with E-state index in [1.54, 1.807) is 23.3 Å². The number of nitrogens with zero attached hydrogens (tertiary/aromatic N) is 2. The zero-order valence-corrected chi connectivity index (χ0v) is 12.7. The van der Waals surface area contributed by atoms with Crippen LogP contribution in [0.25, 0.3) is 17.8 Å². The van der Waals surface area contributed by atoms with E-state index in [2.05, 4.69) is 4.98 Å². The lowest BCUT2D eigenvalue weighted by Crippen LogP contribution is -2.30. The number of hydrogen-bond donors (Lipinski definition) is 0. The van der Waals surface area contributed by atoms with E-state index in [0.717, 1.165) is 22.5 Å². The normalized spacial score (nSPS) is 20.2. The molecule has 4 aliphatic rings. The summed E-state index contributed by atoms with van der Waals surface area (Å²) in [6.07, 6.45) is 12.4. The average molecular weight is 316 g/mol. The first kappa shape index (κ1) is 13.2. The molecule has 0 spiro atoms. The van der Waals surface area contributed by atoms with E-state index in [4.69, 9.17) is 4.74 Å². The predicted molar refractivity (Wildman–Crippen MR) is 87.7 cm³/mol. The molecule has 24 heavy (non-hydrogen) atoms. The van der Waals surface area contributed by atoms with Gasteiger partial charge in [0.2, 0.25) is 0 Å². The fourth-order valence-electron chi connectivity index (χ4n) is 3.34. The molecule has 0 aromatic carbocycles. The van der Waals surface area contributed by atoms with Gasteiger partial charge in [-0.2, -0.15) is 0 Å². The topological polar surface area (TPSA) is 59.5 Å². The number of pyridine rings is 1. The first-order valence-corrected chi connectivity index (χ1v) is 7.71. The van der Waals surface area contributed by atoms with Crippen LogP contribution in [0.2, 0.25) is 0 Å². The molecule has 3 aliphatic heterocycles. The molecule has 1 aliphatic carbocycles. The van der Waals surface area contributed by atoms with E-state index in [1.165, 1.54) is 12.2 Å². The average Bonchev–Trinajstić information content (AvgIpc) is 2.75. The number of ether oxygens (including phenoxy) is 1. The predicted octanol–water partition coefficient (Wildman–Crippen LogP) is 0.432. The van der Waals surface area contributed by atoms with Crippen molar-refractivity contribution >= 4 is 29.5 Å². The van der Waals surface area contributed by atoms with Gasteiger partial charge in [0.05, 0.1) is 29.8 Å². The molecule has 1 aromatic rings. The molecule has 5 rings (SSSR count). The summed E-state index contributed by atoms with van der Waals surface area (Å²) in [7, 11) is 0. The standard InChI is InChI=1S/C19H12N2O3/c22-14-3-4-16-12(6-14)7-15-18(20-16)17-8-11-2-1-5-24-10-13(11)9-21(17)19(15)23/h1-4,6-8,10H,5,9H2. The molecule has 0 N–H and O–H groups in total. The van der Waals surface area contributed by atoms with Crippen molar-refractivity contribution in [2.24, 2.45) is 0 Å². The van der Waals surface area contributed by atoms with E-state index in [9.17, 15) is 9.59 Å². The number of amides is 1. The molecule has 5 nitrogen and oxygen atoms in total. The van der Waals surface area contributed by atoms with Crippen molar-refractivity contribution in [1.82, 2.24) is 9.88 Å². The van der Waals surface area contributed by atoms with Gasteiger partial charge in [0.1, 0.15) is 12.0 Å². The number of carbonyl (C=O) groups is 2. The summed E-state index contributed by atoms with van der Waals surface area (Å²) < 4.78 is 5.41. The van der Waals surface area contributed by atoms with Crippen LogP contribution in [0.15, 0.2) is 47.8 Å². The van der Waals surface area contributed by atoms with Gasteiger partial charge in [-0.05, 0) is 42.0 Å². The molecule has 0 bridgehead atoms. The van der Waals surface area contributed by atoms with Crippen LogP contribution in [-0.4, -0.2) is 34.7 Å². The van der Waals surface area contributed by atoms with E-state index >= 15 is 0 Å². The molecule has 1 amide bonds. The van der Waals surface area contributed by atoms with E-state index in [1.807, 2.05) is 18.2 Å². The Balaban J connectivity index is 1.80. The van der Waals surface area contributed by atoms with Gasteiger partial charge < -0.3 is 9.64 Å². The minimum absolute atomic E-state index is 0.0862. The number of allylic oxidation sites excluding steroid dienone is 2. The quantitative estimate of drug-likeness (QED) is 0.696. The number of ketones is 1. The Kier molecular flexibility index (Phi) is 2.56. The van der Waals surface area contributed by atoms with Gasteiger partial charge >= 0.3 is 0 Å². The zero-order chi connectivity index (χ0) is 16.3. The maximum atomic E-state index is 12.8. The number of aromatic nitrogens is 1. The molecule has 0 saturated carbocycles. The third-order valence-corrected chi connectivity index (χ3v) is 4.50. The van der Waals surface area contributed by atoms with Gasteiger partial charge in [0, 0.05) is 10.8 Å². The summed E-state index contributed by atoms with van der Waals surface area (Å²) in [5.41, 5.74) is 4.08. The molecule has 0 unspecified atom stereocenters. The number of fused-ring (bicyclic) bond motifs is 4. The first-order valence-electron chi connectivity index (χ1n) is 7.71. The fourth-order valence-corrected chi connectivity index (χ4v) is 3.34. The summed E-state index contributed by atoms with van der Waals surface area (Å²) >= 11 is 0. The Hall–Kier alpha value is -3.21. The highest BCUT2D eigenvalue weighted by atomic mass is 16.5. The van der Waals surface area contributed by atoms with Gasteiger partial charge in [-0.25, -0.2) is 4.98 Å². The van der Waals surface area contributed by atoms with Gasteiger partial charge in [0.25, 0.3) is 5.91 Å². The maximum absolute atomic E-state index is 12.8. The van der Waals surface area contributed by atoms with Crippen LogP contribution in [0, 0.1) is 0 Å². The Bertz CT molecular complexity index is 1070. The molecule has 1 aromatic heterocycles. The second-order valence-corrected chi connectivity index (χ2v) is 5.99. The second-order valence-electron chi connectivity index (χ2n) is 5.99. The maximum Gasteiger partial charge on any atom is 0.260 e. The van der Waals surface area contributed by atoms with Crippen LogP contribution in [0.4, 0.5) is 0 Å². The third kappa shape index (κ3) is 1.78. The summed E-state index contributed by atoms with van der Waals surface area (Å²) in [6, 6.07) is 1.77. The molecular formula is C19H12N2O3. The lowest BCUT2D eigenvalue weighted by molar-refractivity contribution is -0.109. The highest BCUT2D eigenvalue weighted by Gasteiger charge is 2.33. The summed E-state index contributed by atoms with van der Waals surface area (Å²) in [5.74, 6) is -0.174. The molecular weight excluding hydrogens is 304 g/mol. The van der Waals surface area contributed by atoms with Crippen molar-refractivity contribution in [3.63, 3.8) is 0 Å².